The van der Waals surface area contributed by atoms with E-state index in [9.17, 15) is 19.8 Å². The van der Waals surface area contributed by atoms with Crippen LogP contribution in [0.25, 0.3) is 43.2 Å². The number of ether oxygens (including phenoxy) is 2. The summed E-state index contributed by atoms with van der Waals surface area (Å²) in [5.41, 5.74) is 5.13. The van der Waals surface area contributed by atoms with Crippen molar-refractivity contribution >= 4 is 50.6 Å². The number of halogens is 2. The number of amides is 2. The van der Waals surface area contributed by atoms with Crippen LogP contribution in [-0.2, 0) is 9.59 Å². The number of aliphatic hydroxyl groups is 1. The fourth-order valence-corrected chi connectivity index (χ4v) is 12.6. The summed E-state index contributed by atoms with van der Waals surface area (Å²) < 4.78 is 50.4. The average molecular weight is 1080 g/mol. The predicted octanol–water partition coefficient (Wildman–Crippen LogP) is 8.52. The van der Waals surface area contributed by atoms with Gasteiger partial charge in [-0.05, 0) is 116 Å². The number of piperazine rings is 1. The van der Waals surface area contributed by atoms with E-state index >= 15 is 8.78 Å². The Bertz CT molecular complexity index is 3400. The summed E-state index contributed by atoms with van der Waals surface area (Å²) in [6.07, 6.45) is 8.81. The molecule has 2 bridgehead atoms. The Labute approximate surface area is 455 Å². The van der Waals surface area contributed by atoms with E-state index in [1.807, 2.05) is 57.5 Å². The number of piperidine rings is 1. The van der Waals surface area contributed by atoms with Gasteiger partial charge in [0.1, 0.15) is 41.5 Å². The Hall–Kier alpha value is -7.24. The number of anilines is 1. The monoisotopic (exact) mass is 1080 g/mol. The number of aromatic hydroxyl groups is 1. The number of terminal acetylenes is 1. The number of aryl methyl sites for hydroxylation is 1. The summed E-state index contributed by atoms with van der Waals surface area (Å²) in [5, 5.41) is 33.7. The molecule has 4 fully saturated rings. The fourth-order valence-electron chi connectivity index (χ4n) is 11.8. The van der Waals surface area contributed by atoms with Crippen molar-refractivity contribution in [3.63, 3.8) is 0 Å². The van der Waals surface area contributed by atoms with Crippen molar-refractivity contribution in [3.05, 3.63) is 106 Å². The molecule has 3 aromatic heterocycles. The second kappa shape index (κ2) is 22.2. The first kappa shape index (κ1) is 52.8. The minimum atomic E-state index is -0.861. The lowest BCUT2D eigenvalue weighted by Gasteiger charge is -2.34. The Morgan fingerprint density at radius 3 is 2.45 bits per heavy atom. The van der Waals surface area contributed by atoms with Crippen molar-refractivity contribution in [2.24, 2.45) is 11.8 Å². The Morgan fingerprint density at radius 1 is 0.962 bits per heavy atom. The Kier molecular flexibility index (Phi) is 15.1. The molecule has 4 saturated heterocycles. The molecule has 16 nitrogen and oxygen atoms in total. The van der Waals surface area contributed by atoms with E-state index in [-0.39, 0.29) is 101 Å². The van der Waals surface area contributed by atoms with Gasteiger partial charge >= 0.3 is 6.01 Å². The summed E-state index contributed by atoms with van der Waals surface area (Å²) in [4.78, 5) is 49.0. The first-order valence-electron chi connectivity index (χ1n) is 26.9. The number of phenolic OH excluding ortho intramolecular Hbond substituents is 1. The van der Waals surface area contributed by atoms with Crippen LogP contribution in [0.4, 0.5) is 14.6 Å². The van der Waals surface area contributed by atoms with E-state index in [0.717, 1.165) is 60.5 Å². The van der Waals surface area contributed by atoms with Gasteiger partial charge in [-0.3, -0.25) is 14.5 Å². The number of likely N-dealkylation sites (tertiary alicyclic amines) is 2. The molecule has 2 amide bonds. The number of rotatable bonds is 16. The molecule has 0 radical (unpaired) electrons. The molecule has 3 unspecified atom stereocenters. The minimum absolute atomic E-state index is 0.0245. The topological polar surface area (TPSA) is 192 Å². The van der Waals surface area contributed by atoms with Gasteiger partial charge in [0.15, 0.2) is 11.6 Å². The molecule has 4 aliphatic heterocycles. The maximum atomic E-state index is 17.1. The third kappa shape index (κ3) is 10.7. The molecule has 0 spiro atoms. The highest BCUT2D eigenvalue weighted by Crippen LogP contribution is 2.41. The van der Waals surface area contributed by atoms with Gasteiger partial charge in [-0.25, -0.2) is 13.8 Å². The van der Waals surface area contributed by atoms with E-state index in [2.05, 4.69) is 41.5 Å². The number of nitrogens with zero attached hydrogens (tertiary/aromatic N) is 7. The van der Waals surface area contributed by atoms with Crippen LogP contribution < -0.4 is 25.0 Å². The third-order valence-corrected chi connectivity index (χ3v) is 16.9. The predicted molar refractivity (Wildman–Crippen MR) is 293 cm³/mol. The average Bonchev–Trinajstić information content (AvgIpc) is 4.37. The lowest BCUT2D eigenvalue weighted by Crippen LogP contribution is -2.51. The van der Waals surface area contributed by atoms with E-state index in [0.29, 0.717) is 54.0 Å². The normalized spacial score (nSPS) is 20.6. The summed E-state index contributed by atoms with van der Waals surface area (Å²) >= 11 is 1.58. The molecule has 0 saturated carbocycles. The number of carbonyl (C=O) groups is 2. The Morgan fingerprint density at radius 2 is 1.73 bits per heavy atom. The zero-order valence-electron chi connectivity index (χ0n) is 44.0. The van der Waals surface area contributed by atoms with Crippen LogP contribution in [0.1, 0.15) is 87.4 Å². The highest BCUT2D eigenvalue weighted by Gasteiger charge is 2.44. The number of hydrogen-bond donors (Lipinski definition) is 4. The zero-order chi connectivity index (χ0) is 54.4. The van der Waals surface area contributed by atoms with E-state index in [4.69, 9.17) is 25.4 Å². The molecule has 4 aliphatic rings. The van der Waals surface area contributed by atoms with Gasteiger partial charge in [0.05, 0.1) is 40.4 Å². The van der Waals surface area contributed by atoms with Gasteiger partial charge in [-0.1, -0.05) is 56.2 Å². The van der Waals surface area contributed by atoms with Crippen molar-refractivity contribution in [3.8, 4) is 51.6 Å². The number of hydrogen-bond acceptors (Lipinski definition) is 15. The molecule has 7 aromatic rings. The molecular weight excluding hydrogens is 1020 g/mol. The second-order valence-corrected chi connectivity index (χ2v) is 22.5. The molecule has 4 aromatic carbocycles. The van der Waals surface area contributed by atoms with Crippen molar-refractivity contribution in [1.82, 2.24) is 40.5 Å². The molecule has 11 rings (SSSR count). The smallest absolute Gasteiger partial charge is 0.319 e. The van der Waals surface area contributed by atoms with Crippen molar-refractivity contribution < 1.29 is 42.6 Å². The fraction of sp³-hybridized carbons (Fsp3) is 0.424. The van der Waals surface area contributed by atoms with Crippen LogP contribution in [-0.4, -0.2) is 129 Å². The minimum Gasteiger partial charge on any atom is -0.508 e. The van der Waals surface area contributed by atoms with E-state index in [1.165, 1.54) is 29.2 Å². The van der Waals surface area contributed by atoms with Crippen molar-refractivity contribution in [1.29, 1.82) is 0 Å². The highest BCUT2D eigenvalue weighted by atomic mass is 32.1. The van der Waals surface area contributed by atoms with E-state index < -0.39 is 29.7 Å². The first-order chi connectivity index (χ1) is 37.7. The summed E-state index contributed by atoms with van der Waals surface area (Å²) in [6, 6.07) is 18.0. The maximum Gasteiger partial charge on any atom is 0.319 e. The zero-order valence-corrected chi connectivity index (χ0v) is 44.9. The second-order valence-electron chi connectivity index (χ2n) is 21.6. The van der Waals surface area contributed by atoms with Crippen molar-refractivity contribution in [2.75, 3.05) is 57.4 Å². The van der Waals surface area contributed by atoms with Crippen LogP contribution >= 0.6 is 11.3 Å². The van der Waals surface area contributed by atoms with Gasteiger partial charge in [0.25, 0.3) is 5.88 Å². The van der Waals surface area contributed by atoms with Gasteiger partial charge in [-0.15, -0.1) is 17.8 Å². The van der Waals surface area contributed by atoms with Crippen molar-refractivity contribution in [2.45, 2.75) is 96.0 Å². The Balaban J connectivity index is 0.705. The molecule has 78 heavy (non-hydrogen) atoms. The number of aliphatic hydroxyl groups excluding tert-OH is 1. The number of nitrogens with one attached hydrogen (secondary N) is 2. The molecule has 4 N–H and O–H groups in total. The summed E-state index contributed by atoms with van der Waals surface area (Å²) in [6.45, 7) is 11.9. The van der Waals surface area contributed by atoms with Gasteiger partial charge in [0, 0.05) is 67.1 Å². The van der Waals surface area contributed by atoms with Crippen LogP contribution in [0.2, 0.25) is 0 Å². The molecular formula is C59H63F2N9O7S. The number of benzene rings is 4. The lowest BCUT2D eigenvalue weighted by atomic mass is 9.91. The van der Waals surface area contributed by atoms with Gasteiger partial charge < -0.3 is 44.6 Å². The third-order valence-electron chi connectivity index (χ3n) is 16.0. The number of fused-ring (bicyclic) bond motifs is 4. The first-order valence-corrected chi connectivity index (χ1v) is 27.7. The summed E-state index contributed by atoms with van der Waals surface area (Å²) in [7, 11) is 0. The number of carbonyl (C=O) groups excluding carboxylic acids is 2. The molecule has 406 valence electrons. The summed E-state index contributed by atoms with van der Waals surface area (Å²) in [5.74, 6) is 0.784. The van der Waals surface area contributed by atoms with E-state index in [1.54, 1.807) is 29.5 Å². The number of thiazole rings is 1. The standard InChI is InChI=1S/C59H63F2N9O7S/c1-6-43-47(60)16-11-38-23-41(71)24-46(52(38)43)44-14-15-45-54(53(44)61)65-59(66-56(45)69-27-39-12-13-40(28-69)64-39)75-22-21-68-19-17-35(18-20-68)30-76-50-26-49(77-67-50)51(32(2)3)58(74)70-29-42(72)25-48(70)57(73)63-33(4)36-7-9-37(10-8-36)55-34(5)62-31-78-55/h1,7-11,14-16,23-24,26,31-33,35,39-40,42,48,51,64,71-72H,12-13,17-22,25,27-30H2,2-5H3,(H,63,73)/t33-,39?,40?,42+,48-,51?/m0/s1. The molecule has 7 heterocycles. The van der Waals surface area contributed by atoms with Crippen LogP contribution in [0.15, 0.2) is 76.8 Å². The van der Waals surface area contributed by atoms with Gasteiger partial charge in [-0.2, -0.15) is 9.97 Å². The SMILES string of the molecule is C#Cc1c(F)ccc2cc(O)cc(-c3ccc4c(N5CC6CCC(C5)N6)nc(OCCN5CCC(COc6cc(C(C(=O)N7C[C@H](O)C[C@H]7C(=O)N[C@@H](C)c7ccc(-c8scnc8C)cc7)C(C)C)on6)CC5)nc4c3F)c12. The lowest BCUT2D eigenvalue weighted by molar-refractivity contribution is -0.141. The molecule has 19 heteroatoms. The quantitative estimate of drug-likeness (QED) is 0.0674. The van der Waals surface area contributed by atoms with Crippen LogP contribution in [0.3, 0.4) is 0 Å². The number of β-amino-alcohol motifs (C(OH)–C–C–N with tert-alkyl or cyclic N) is 1. The maximum absolute atomic E-state index is 17.1. The van der Waals surface area contributed by atoms with Gasteiger partial charge in [0.2, 0.25) is 11.8 Å². The number of phenols is 1. The van der Waals surface area contributed by atoms with Crippen LogP contribution in [0, 0.1) is 42.7 Å². The van der Waals surface area contributed by atoms with Crippen LogP contribution in [0.5, 0.6) is 17.6 Å². The molecule has 0 aliphatic carbocycles. The largest absolute Gasteiger partial charge is 0.508 e. The molecule has 6 atom stereocenters. The number of aromatic nitrogens is 4. The highest BCUT2D eigenvalue weighted by molar-refractivity contribution is 7.13.